The van der Waals surface area contributed by atoms with Crippen LogP contribution in [0.4, 0.5) is 0 Å². The zero-order valence-electron chi connectivity index (χ0n) is 38.0. The number of allylic oxidation sites excluding steroid dienone is 8. The van der Waals surface area contributed by atoms with Crippen LogP contribution in [0.3, 0.4) is 0 Å². The highest BCUT2D eigenvalue weighted by atomic mass is 31.2. The van der Waals surface area contributed by atoms with Gasteiger partial charge in [-0.2, -0.15) is 0 Å². The van der Waals surface area contributed by atoms with Crippen LogP contribution in [0.2, 0.25) is 0 Å². The lowest BCUT2D eigenvalue weighted by Gasteiger charge is -2.19. The normalized spacial score (nSPS) is 17.1. The van der Waals surface area contributed by atoms with Crippen LogP contribution in [-0.4, -0.2) is 61.5 Å². The Morgan fingerprint density at radius 3 is 1.82 bits per heavy atom. The average molecular weight is 874 g/mol. The molecule has 2 heterocycles. The smallest absolute Gasteiger partial charge is 0.466 e. The van der Waals surface area contributed by atoms with E-state index in [1.54, 1.807) is 0 Å². The van der Waals surface area contributed by atoms with Gasteiger partial charge in [-0.25, -0.2) is 4.57 Å². The van der Waals surface area contributed by atoms with Crippen LogP contribution in [0.25, 0.3) is 0 Å². The van der Waals surface area contributed by atoms with E-state index in [4.69, 9.17) is 33.4 Å². The number of phosphoric ester groups is 1. The fraction of sp³-hybridized carbons (Fsp3) is 0.673. The molecule has 1 aromatic rings. The Kier molecular flexibility index (Phi) is 30.5. The van der Waals surface area contributed by atoms with Crippen molar-refractivity contribution in [2.45, 2.75) is 187 Å². The number of carbonyl (C=O) groups excluding carboxylic acids is 2. The first-order chi connectivity index (χ1) is 29.6. The highest BCUT2D eigenvalue weighted by Gasteiger charge is 2.36. The van der Waals surface area contributed by atoms with Crippen molar-refractivity contribution < 1.29 is 46.7 Å². The van der Waals surface area contributed by atoms with Gasteiger partial charge in [0.15, 0.2) is 6.10 Å². The summed E-state index contributed by atoms with van der Waals surface area (Å²) in [5, 5.41) is 0. The summed E-state index contributed by atoms with van der Waals surface area (Å²) >= 11 is 0. The fourth-order valence-electron chi connectivity index (χ4n) is 6.70. The van der Waals surface area contributed by atoms with Crippen molar-refractivity contribution in [2.75, 3.05) is 26.4 Å². The van der Waals surface area contributed by atoms with Crippen LogP contribution >= 0.6 is 7.82 Å². The van der Waals surface area contributed by atoms with E-state index in [2.05, 4.69) is 76.3 Å². The molecule has 61 heavy (non-hydrogen) atoms. The lowest BCUT2D eigenvalue weighted by molar-refractivity contribution is -0.161. The Morgan fingerprint density at radius 1 is 0.689 bits per heavy atom. The minimum Gasteiger partial charge on any atom is -0.466 e. The number of rotatable bonds is 38. The molecule has 0 saturated carbocycles. The molecule has 1 saturated heterocycles. The maximum absolute atomic E-state index is 12.6. The predicted octanol–water partition coefficient (Wildman–Crippen LogP) is 11.9. The number of epoxide rings is 1. The van der Waals surface area contributed by atoms with Crippen molar-refractivity contribution in [3.63, 3.8) is 0 Å². The van der Waals surface area contributed by atoms with Gasteiger partial charge in [-0.05, 0) is 89.2 Å². The first kappa shape index (κ1) is 54.1. The second-order valence-electron chi connectivity index (χ2n) is 15.9. The van der Waals surface area contributed by atoms with Crippen molar-refractivity contribution in [3.8, 4) is 0 Å². The molecule has 12 heteroatoms. The minimum atomic E-state index is -4.42. The van der Waals surface area contributed by atoms with E-state index in [1.807, 2.05) is 12.2 Å². The standard InChI is InChI=1S/C49H80NO10P/c1-5-7-25-31-44-41(3)42(4)45(59-44)32-27-21-17-15-16-19-23-29-35-48(51)55-39-43(40-57-61(53,54)56-38-37-50)58-49(52)36-30-24-20-14-12-10-9-11-13-18-22-28-34-47-46(60-47)33-26-8-6-2/h8,10-13,20,22,24,26,28,43,46-47H,5-7,9,14-19,21,23,25,27,29-40,50H2,1-4H3,(H,53,54)/b12-10-,13-11-,24-20-,26-8-,28-22-/t43-,46?,47?/m1/s1. The largest absolute Gasteiger partial charge is 0.472 e. The fourth-order valence-corrected chi connectivity index (χ4v) is 7.47. The van der Waals surface area contributed by atoms with E-state index in [1.165, 1.54) is 55.4 Å². The predicted molar refractivity (Wildman–Crippen MR) is 245 cm³/mol. The molecular formula is C49H80NO10P. The van der Waals surface area contributed by atoms with Crippen LogP contribution < -0.4 is 5.73 Å². The highest BCUT2D eigenvalue weighted by molar-refractivity contribution is 7.47. The molecule has 4 atom stereocenters. The van der Waals surface area contributed by atoms with E-state index in [9.17, 15) is 19.0 Å². The summed E-state index contributed by atoms with van der Waals surface area (Å²) in [6, 6.07) is 0. The number of hydrogen-bond acceptors (Lipinski definition) is 10. The molecule has 0 amide bonds. The lowest BCUT2D eigenvalue weighted by atomic mass is 10.0. The molecule has 346 valence electrons. The number of esters is 2. The van der Waals surface area contributed by atoms with E-state index >= 15 is 0 Å². The van der Waals surface area contributed by atoms with Crippen LogP contribution in [-0.2, 0) is 50.3 Å². The molecule has 11 nitrogen and oxygen atoms in total. The van der Waals surface area contributed by atoms with Crippen molar-refractivity contribution in [3.05, 3.63) is 83.4 Å². The minimum absolute atomic E-state index is 0.0313. The van der Waals surface area contributed by atoms with Gasteiger partial charge in [0.2, 0.25) is 0 Å². The molecule has 0 spiro atoms. The van der Waals surface area contributed by atoms with Crippen molar-refractivity contribution >= 4 is 19.8 Å². The van der Waals surface area contributed by atoms with E-state index in [0.29, 0.717) is 25.0 Å². The molecule has 1 aliphatic rings. The molecular weight excluding hydrogens is 794 g/mol. The summed E-state index contributed by atoms with van der Waals surface area (Å²) in [4.78, 5) is 35.0. The Bertz CT molecular complexity index is 1530. The van der Waals surface area contributed by atoms with Crippen molar-refractivity contribution in [2.24, 2.45) is 5.73 Å². The molecule has 0 bridgehead atoms. The van der Waals surface area contributed by atoms with Gasteiger partial charge < -0.3 is 29.3 Å². The summed E-state index contributed by atoms with van der Waals surface area (Å²) in [5.74, 6) is 1.37. The zero-order chi connectivity index (χ0) is 44.4. The van der Waals surface area contributed by atoms with Gasteiger partial charge in [-0.1, -0.05) is 126 Å². The van der Waals surface area contributed by atoms with Crippen molar-refractivity contribution in [1.82, 2.24) is 0 Å². The molecule has 0 aromatic carbocycles. The lowest BCUT2D eigenvalue weighted by Crippen LogP contribution is -2.29. The quantitative estimate of drug-likeness (QED) is 0.0214. The summed E-state index contributed by atoms with van der Waals surface area (Å²) in [5.41, 5.74) is 8.00. The van der Waals surface area contributed by atoms with Crippen LogP contribution in [0, 0.1) is 13.8 Å². The first-order valence-corrected chi connectivity index (χ1v) is 24.7. The third-order valence-electron chi connectivity index (χ3n) is 10.5. The van der Waals surface area contributed by atoms with Gasteiger partial charge in [0.05, 0.1) is 25.4 Å². The second-order valence-corrected chi connectivity index (χ2v) is 17.3. The van der Waals surface area contributed by atoms with Crippen molar-refractivity contribution in [1.29, 1.82) is 0 Å². The van der Waals surface area contributed by atoms with Gasteiger partial charge in [0.1, 0.15) is 18.1 Å². The molecule has 0 aliphatic carbocycles. The van der Waals surface area contributed by atoms with Gasteiger partial charge in [0.25, 0.3) is 0 Å². The zero-order valence-corrected chi connectivity index (χ0v) is 38.9. The number of carbonyl (C=O) groups is 2. The number of furan rings is 1. The van der Waals surface area contributed by atoms with Gasteiger partial charge in [-0.15, -0.1) is 0 Å². The number of phosphoric acid groups is 1. The highest BCUT2D eigenvalue weighted by Crippen LogP contribution is 2.43. The van der Waals surface area contributed by atoms with E-state index in [-0.39, 0.29) is 32.6 Å². The maximum Gasteiger partial charge on any atom is 0.472 e. The Labute approximate surface area is 368 Å². The third kappa shape index (κ3) is 27.6. The maximum atomic E-state index is 12.6. The topological polar surface area (TPSA) is 160 Å². The van der Waals surface area contributed by atoms with Crippen LogP contribution in [0.1, 0.15) is 165 Å². The second kappa shape index (κ2) is 34.4. The molecule has 1 aliphatic heterocycles. The summed E-state index contributed by atoms with van der Waals surface area (Å²) in [6.07, 6.45) is 41.3. The number of aryl methyl sites for hydroxylation is 2. The van der Waals surface area contributed by atoms with E-state index in [0.717, 1.165) is 82.8 Å². The summed E-state index contributed by atoms with van der Waals surface area (Å²) in [7, 11) is -4.42. The number of nitrogens with two attached hydrogens (primary N) is 1. The van der Waals surface area contributed by atoms with Gasteiger partial charge >= 0.3 is 19.8 Å². The third-order valence-corrected chi connectivity index (χ3v) is 11.5. The molecule has 1 fully saturated rings. The van der Waals surface area contributed by atoms with Crippen LogP contribution in [0.5, 0.6) is 0 Å². The monoisotopic (exact) mass is 874 g/mol. The molecule has 3 unspecified atom stereocenters. The number of hydrogen-bond donors (Lipinski definition) is 2. The van der Waals surface area contributed by atoms with Gasteiger partial charge in [-0.3, -0.25) is 18.6 Å². The number of ether oxygens (including phenoxy) is 3. The first-order valence-electron chi connectivity index (χ1n) is 23.2. The summed E-state index contributed by atoms with van der Waals surface area (Å²) < 4.78 is 44.7. The molecule has 1 aromatic heterocycles. The molecule has 3 N–H and O–H groups in total. The Morgan fingerprint density at radius 2 is 1.23 bits per heavy atom. The van der Waals surface area contributed by atoms with Crippen LogP contribution in [0.15, 0.2) is 65.2 Å². The summed E-state index contributed by atoms with van der Waals surface area (Å²) in [6.45, 7) is 7.81. The van der Waals surface area contributed by atoms with Gasteiger partial charge in [0, 0.05) is 32.2 Å². The molecule has 2 rings (SSSR count). The Balaban J connectivity index is 1.58. The molecule has 0 radical (unpaired) electrons. The van der Waals surface area contributed by atoms with E-state index < -0.39 is 32.5 Å². The Hall–Kier alpha value is -3.05. The SMILES string of the molecule is CC/C=C\CC1OC1C/C=C\C/C=C\C/C=C\C/C=C\CCC(=O)O[C@H](COC(=O)CCCCCCCCCCc1oc(CCCCC)c(C)c1C)COP(=O)(O)OCCN. The number of unbranched alkanes of at least 4 members (excludes halogenated alkanes) is 9. The average Bonchev–Trinajstić information content (AvgIpc) is 3.94.